The Morgan fingerprint density at radius 2 is 1.66 bits per heavy atom. The Balaban J connectivity index is 0.000000566. The van der Waals surface area contributed by atoms with Crippen LogP contribution < -0.4 is 10.9 Å². The molecule has 2 N–H and O–H groups in total. The molecule has 2 amide bonds. The molecule has 0 atom stereocenters. The number of aldehydes is 1. The van der Waals surface area contributed by atoms with E-state index >= 15 is 0 Å². The van der Waals surface area contributed by atoms with Crippen molar-refractivity contribution >= 4 is 18.1 Å². The maximum absolute atomic E-state index is 13.6. The molecule has 2 fully saturated rings. The Bertz CT molecular complexity index is 1410. The largest absolute Gasteiger partial charge is 0.501 e. The van der Waals surface area contributed by atoms with Crippen molar-refractivity contribution in [3.05, 3.63) is 57.5 Å². The molecule has 2 aromatic rings. The lowest BCUT2D eigenvalue weighted by Crippen LogP contribution is -2.51. The van der Waals surface area contributed by atoms with Gasteiger partial charge in [-0.15, -0.1) is 0 Å². The van der Waals surface area contributed by atoms with Gasteiger partial charge in [0.15, 0.2) is 5.69 Å². The number of carbonyl (C=O) groups excluding carboxylic acids is 3. The first-order valence-electron chi connectivity index (χ1n) is 14.9. The van der Waals surface area contributed by atoms with Crippen molar-refractivity contribution in [1.29, 1.82) is 0 Å². The molecule has 12 nitrogen and oxygen atoms in total. The van der Waals surface area contributed by atoms with Crippen LogP contribution in [0.3, 0.4) is 0 Å². The summed E-state index contributed by atoms with van der Waals surface area (Å²) in [5.74, 6) is -1.54. The highest BCUT2D eigenvalue weighted by molar-refractivity contribution is 6.23. The Morgan fingerprint density at radius 3 is 2.18 bits per heavy atom. The molecule has 0 unspecified atom stereocenters. The van der Waals surface area contributed by atoms with E-state index in [1.165, 1.54) is 31.1 Å². The van der Waals surface area contributed by atoms with Gasteiger partial charge in [0.25, 0.3) is 17.4 Å². The van der Waals surface area contributed by atoms with Crippen LogP contribution in [0.2, 0.25) is 0 Å². The van der Waals surface area contributed by atoms with Crippen LogP contribution >= 0.6 is 0 Å². The van der Waals surface area contributed by atoms with Crippen molar-refractivity contribution in [2.75, 3.05) is 68.0 Å². The number of hydrogen-bond donors (Lipinski definition) is 2. The van der Waals surface area contributed by atoms with Crippen molar-refractivity contribution in [3.63, 3.8) is 0 Å². The van der Waals surface area contributed by atoms with Gasteiger partial charge in [0.2, 0.25) is 12.0 Å². The third kappa shape index (κ3) is 7.00. The summed E-state index contributed by atoms with van der Waals surface area (Å²) in [5.41, 5.74) is -0.672. The number of rotatable bonds is 7. The summed E-state index contributed by atoms with van der Waals surface area (Å²) < 4.78 is 14.9. The molecule has 13 heteroatoms. The Hall–Kier alpha value is -3.68. The number of aromatic hydroxyl groups is 1. The Morgan fingerprint density at radius 1 is 1.05 bits per heavy atom. The van der Waals surface area contributed by atoms with Gasteiger partial charge in [-0.05, 0) is 64.5 Å². The summed E-state index contributed by atoms with van der Waals surface area (Å²) >= 11 is 0. The van der Waals surface area contributed by atoms with Crippen molar-refractivity contribution < 1.29 is 23.9 Å². The summed E-state index contributed by atoms with van der Waals surface area (Å²) in [6.45, 7) is 5.62. The molecule has 44 heavy (non-hydrogen) atoms. The molecule has 4 aliphatic rings. The number of fused-ring (bicyclic) bond motifs is 2. The van der Waals surface area contributed by atoms with Crippen LogP contribution in [0.5, 0.6) is 5.75 Å². The highest BCUT2D eigenvalue weighted by atomic mass is 19.1. The first-order valence-corrected chi connectivity index (χ1v) is 14.9. The van der Waals surface area contributed by atoms with Gasteiger partial charge in [-0.25, -0.2) is 9.37 Å². The zero-order valence-corrected chi connectivity index (χ0v) is 26.3. The van der Waals surface area contributed by atoms with Crippen LogP contribution in [0.15, 0.2) is 29.1 Å². The molecule has 0 radical (unpaired) electrons. The van der Waals surface area contributed by atoms with Crippen LogP contribution in [0.4, 0.5) is 4.39 Å². The summed E-state index contributed by atoms with van der Waals surface area (Å²) in [6.07, 6.45) is 3.85. The molecular weight excluding hydrogens is 569 g/mol. The summed E-state index contributed by atoms with van der Waals surface area (Å²) in [4.78, 5) is 59.2. The van der Waals surface area contributed by atoms with Crippen molar-refractivity contribution in [2.24, 2.45) is 5.41 Å². The molecule has 1 saturated heterocycles. The van der Waals surface area contributed by atoms with E-state index in [-0.39, 0.29) is 29.8 Å². The summed E-state index contributed by atoms with van der Waals surface area (Å²) in [6, 6.07) is 5.80. The molecule has 0 spiro atoms. The normalized spacial score (nSPS) is 23.2. The summed E-state index contributed by atoms with van der Waals surface area (Å²) in [5, 5.41) is 13.6. The predicted octanol–water partition coefficient (Wildman–Crippen LogP) is 0.870. The Kier molecular flexibility index (Phi) is 10.2. The number of aromatic nitrogens is 2. The van der Waals surface area contributed by atoms with E-state index in [1.807, 2.05) is 14.1 Å². The molecule has 2 bridgehead atoms. The van der Waals surface area contributed by atoms with Crippen molar-refractivity contribution in [3.8, 4) is 5.75 Å². The predicted molar refractivity (Wildman–Crippen MR) is 163 cm³/mol. The number of piperazine rings is 1. The number of halogens is 1. The minimum absolute atomic E-state index is 0.0784. The molecule has 1 aromatic carbocycles. The minimum Gasteiger partial charge on any atom is -0.501 e. The van der Waals surface area contributed by atoms with Crippen molar-refractivity contribution in [1.82, 2.24) is 34.5 Å². The fourth-order valence-corrected chi connectivity index (χ4v) is 6.43. The van der Waals surface area contributed by atoms with E-state index < -0.39 is 28.7 Å². The molecule has 240 valence electrons. The molecule has 4 heterocycles. The van der Waals surface area contributed by atoms with Gasteiger partial charge >= 0.3 is 0 Å². The van der Waals surface area contributed by atoms with Crippen molar-refractivity contribution in [2.45, 2.75) is 44.3 Å². The summed E-state index contributed by atoms with van der Waals surface area (Å²) in [7, 11) is 9.19. The first kappa shape index (κ1) is 33.2. The fourth-order valence-electron chi connectivity index (χ4n) is 6.43. The highest BCUT2D eigenvalue weighted by Gasteiger charge is 2.52. The smallest absolute Gasteiger partial charge is 0.296 e. The number of carbonyl (C=O) groups is 3. The van der Waals surface area contributed by atoms with Gasteiger partial charge in [-0.2, -0.15) is 0 Å². The molecular formula is C31H44FN7O5. The quantitative estimate of drug-likeness (QED) is 0.345. The minimum atomic E-state index is -0.623. The first-order chi connectivity index (χ1) is 20.8. The van der Waals surface area contributed by atoms with E-state index in [2.05, 4.69) is 27.1 Å². The van der Waals surface area contributed by atoms with E-state index in [0.29, 0.717) is 17.9 Å². The molecule has 1 aromatic heterocycles. The zero-order valence-electron chi connectivity index (χ0n) is 26.3. The second-order valence-electron chi connectivity index (χ2n) is 12.7. The second-order valence-corrected chi connectivity index (χ2v) is 12.7. The van der Waals surface area contributed by atoms with Gasteiger partial charge in [-0.1, -0.05) is 12.1 Å². The maximum atomic E-state index is 13.6. The van der Waals surface area contributed by atoms with Crippen LogP contribution in [0.1, 0.15) is 47.6 Å². The third-order valence-corrected chi connectivity index (χ3v) is 9.33. The lowest BCUT2D eigenvalue weighted by Gasteiger charge is -2.47. The second kappa shape index (κ2) is 13.5. The number of nitrogens with one attached hydrogen (secondary N) is 1. The van der Waals surface area contributed by atoms with Crippen LogP contribution in [-0.4, -0.2) is 120 Å². The third-order valence-electron chi connectivity index (χ3n) is 9.33. The van der Waals surface area contributed by atoms with Crippen LogP contribution in [0.25, 0.3) is 0 Å². The topological polar surface area (TPSA) is 131 Å². The zero-order chi connectivity index (χ0) is 32.2. The monoisotopic (exact) mass is 613 g/mol. The fraction of sp³-hybridized carbons (Fsp3) is 0.581. The molecule has 1 aliphatic carbocycles. The van der Waals surface area contributed by atoms with E-state index in [4.69, 9.17) is 4.98 Å². The lowest BCUT2D eigenvalue weighted by atomic mass is 9.67. The van der Waals surface area contributed by atoms with Gasteiger partial charge < -0.3 is 25.1 Å². The number of benzene rings is 1. The number of likely N-dealkylation sites (N-methyl/N-ethyl adjacent to an activating group) is 2. The van der Waals surface area contributed by atoms with E-state index in [9.17, 15) is 28.7 Å². The van der Waals surface area contributed by atoms with E-state index in [1.54, 1.807) is 16.7 Å². The number of hydrogen-bond acceptors (Lipinski definition) is 9. The highest BCUT2D eigenvalue weighted by Crippen LogP contribution is 2.51. The van der Waals surface area contributed by atoms with Gasteiger partial charge in [-0.3, -0.25) is 28.6 Å². The maximum Gasteiger partial charge on any atom is 0.296 e. The standard InChI is InChI=1S/C27H37FN6O3.C4H7NO2/c1-31(2)27-10-8-26(9-11-27,17-33-14-12-32(3)13-15-33)18-34-24(37)22(35)21(30-25(27)34)23(36)29-16-19-4-6-20(28)7-5-19;1-5(2)4(7)3-6/h4-7,35H,8-18H2,1-3H3,(H,29,36);3H,1-2H3. The molecule has 6 rings (SSSR count). The van der Waals surface area contributed by atoms with E-state index in [0.717, 1.165) is 58.4 Å². The SMILES string of the molecule is CN(C)C(=O)C=O.CN1CCN(CC23CCC(N(C)C)(CC2)c2nc(C(=O)NCc4ccc(F)cc4)c(O)c(=O)n2C3)CC1. The van der Waals surface area contributed by atoms with Gasteiger partial charge in [0.05, 0.1) is 5.54 Å². The number of nitrogens with zero attached hydrogens (tertiary/aromatic N) is 6. The molecule has 3 aliphatic heterocycles. The average molecular weight is 614 g/mol. The van der Waals surface area contributed by atoms with Gasteiger partial charge in [0, 0.05) is 65.3 Å². The number of amides is 2. The molecule has 1 saturated carbocycles. The van der Waals surface area contributed by atoms with Crippen LogP contribution in [0, 0.1) is 11.2 Å². The van der Waals surface area contributed by atoms with Gasteiger partial charge in [0.1, 0.15) is 11.6 Å². The Labute approximate surface area is 257 Å². The lowest BCUT2D eigenvalue weighted by molar-refractivity contribution is -0.136. The van der Waals surface area contributed by atoms with Crippen LogP contribution in [-0.2, 0) is 28.2 Å². The average Bonchev–Trinajstić information content (AvgIpc) is 3.23.